The minimum atomic E-state index is 0.293. The fourth-order valence-electron chi connectivity index (χ4n) is 4.64. The summed E-state index contributed by atoms with van der Waals surface area (Å²) in [7, 11) is 3.43. The Hall–Kier alpha value is -2.07. The van der Waals surface area contributed by atoms with Crippen LogP contribution in [0.4, 0.5) is 0 Å². The number of methoxy groups -OCH3 is 2. The summed E-state index contributed by atoms with van der Waals surface area (Å²) >= 11 is 0. The highest BCUT2D eigenvalue weighted by Crippen LogP contribution is 2.44. The minimum absolute atomic E-state index is 0.293. The van der Waals surface area contributed by atoms with Crippen molar-refractivity contribution in [2.24, 2.45) is 5.92 Å². The predicted molar refractivity (Wildman–Crippen MR) is 103 cm³/mol. The second kappa shape index (κ2) is 7.67. The van der Waals surface area contributed by atoms with E-state index >= 15 is 0 Å². The van der Waals surface area contributed by atoms with Crippen LogP contribution in [0.15, 0.2) is 36.7 Å². The molecular weight excluding hydrogens is 324 g/mol. The van der Waals surface area contributed by atoms with E-state index in [0.29, 0.717) is 18.0 Å². The Balaban J connectivity index is 1.74. The summed E-state index contributed by atoms with van der Waals surface area (Å²) < 4.78 is 11.2. The van der Waals surface area contributed by atoms with Crippen LogP contribution in [0.1, 0.15) is 60.9 Å². The van der Waals surface area contributed by atoms with Crippen LogP contribution in [0.2, 0.25) is 0 Å². The van der Waals surface area contributed by atoms with E-state index in [-0.39, 0.29) is 0 Å². The summed E-state index contributed by atoms with van der Waals surface area (Å²) in [5.74, 6) is 2.33. The molecule has 1 aromatic heterocycles. The summed E-state index contributed by atoms with van der Waals surface area (Å²) in [5.41, 5.74) is 4.01. The van der Waals surface area contributed by atoms with Crippen LogP contribution in [-0.4, -0.2) is 19.2 Å². The number of fused-ring (bicyclic) bond motifs is 1. The lowest BCUT2D eigenvalue weighted by molar-refractivity contribution is 0.240. The Morgan fingerprint density at radius 2 is 1.81 bits per heavy atom. The lowest BCUT2D eigenvalue weighted by Crippen LogP contribution is -2.38. The van der Waals surface area contributed by atoms with E-state index in [9.17, 15) is 0 Å². The molecule has 1 fully saturated rings. The van der Waals surface area contributed by atoms with Gasteiger partial charge in [0, 0.05) is 24.5 Å². The van der Waals surface area contributed by atoms with Gasteiger partial charge in [0.1, 0.15) is 0 Å². The highest BCUT2D eigenvalue weighted by molar-refractivity contribution is 5.50. The smallest absolute Gasteiger partial charge is 0.161 e. The molecule has 4 heteroatoms. The summed E-state index contributed by atoms with van der Waals surface area (Å²) in [4.78, 5) is 4.33. The maximum atomic E-state index is 5.59. The van der Waals surface area contributed by atoms with Crippen LogP contribution in [-0.2, 0) is 6.42 Å². The second-order valence-corrected chi connectivity index (χ2v) is 7.49. The summed E-state index contributed by atoms with van der Waals surface area (Å²) in [6.45, 7) is 0. The second-order valence-electron chi connectivity index (χ2n) is 7.49. The predicted octanol–water partition coefficient (Wildman–Crippen LogP) is 4.61. The molecule has 4 nitrogen and oxygen atoms in total. The quantitative estimate of drug-likeness (QED) is 0.873. The molecule has 0 amide bonds. The third-order valence-electron chi connectivity index (χ3n) is 5.99. The summed E-state index contributed by atoms with van der Waals surface area (Å²) in [5, 5.41) is 3.95. The molecule has 2 aliphatic rings. The number of ether oxygens (including phenoxy) is 2. The zero-order valence-electron chi connectivity index (χ0n) is 15.7. The fourth-order valence-corrected chi connectivity index (χ4v) is 4.64. The molecule has 1 N–H and O–H groups in total. The molecule has 2 heterocycles. The molecule has 2 atom stereocenters. The molecule has 1 aliphatic carbocycles. The topological polar surface area (TPSA) is 43.4 Å². The number of rotatable bonds is 4. The van der Waals surface area contributed by atoms with Crippen molar-refractivity contribution >= 4 is 0 Å². The Morgan fingerprint density at radius 1 is 1.04 bits per heavy atom. The Labute approximate surface area is 155 Å². The first-order chi connectivity index (χ1) is 12.8. The van der Waals surface area contributed by atoms with Gasteiger partial charge in [-0.3, -0.25) is 4.98 Å². The third-order valence-corrected chi connectivity index (χ3v) is 5.99. The van der Waals surface area contributed by atoms with Crippen LogP contribution in [0.3, 0.4) is 0 Å². The normalized spacial score (nSPS) is 23.3. The maximum absolute atomic E-state index is 5.59. The van der Waals surface area contributed by atoms with Gasteiger partial charge in [-0.15, -0.1) is 0 Å². The van der Waals surface area contributed by atoms with Gasteiger partial charge in [0.15, 0.2) is 11.5 Å². The molecule has 1 saturated carbocycles. The standard InChI is InChI=1S/C22H28N2O2/c1-25-20-12-17-11-19(16-9-6-10-23-14-16)24-22(15-7-4-3-5-8-15)18(17)13-21(20)26-2/h6,9-10,12-15,19,22,24H,3-5,7-8,11H2,1-2H3/t19-,22-/m0/s1. The van der Waals surface area contributed by atoms with E-state index in [2.05, 4.69) is 28.5 Å². The van der Waals surface area contributed by atoms with Gasteiger partial charge in [-0.25, -0.2) is 0 Å². The van der Waals surface area contributed by atoms with Crippen LogP contribution < -0.4 is 14.8 Å². The van der Waals surface area contributed by atoms with Crippen LogP contribution in [0, 0.1) is 5.92 Å². The van der Waals surface area contributed by atoms with Gasteiger partial charge < -0.3 is 14.8 Å². The van der Waals surface area contributed by atoms with E-state index in [1.54, 1.807) is 14.2 Å². The van der Waals surface area contributed by atoms with Gasteiger partial charge in [0.2, 0.25) is 0 Å². The molecule has 1 aromatic carbocycles. The van der Waals surface area contributed by atoms with Crippen molar-refractivity contribution in [1.82, 2.24) is 10.3 Å². The highest BCUT2D eigenvalue weighted by Gasteiger charge is 2.34. The summed E-state index contributed by atoms with van der Waals surface area (Å²) in [6, 6.07) is 9.23. The molecule has 4 rings (SSSR count). The first-order valence-electron chi connectivity index (χ1n) is 9.71. The Morgan fingerprint density at radius 3 is 2.50 bits per heavy atom. The van der Waals surface area contributed by atoms with Gasteiger partial charge in [-0.05, 0) is 60.1 Å². The molecule has 2 aromatic rings. The minimum Gasteiger partial charge on any atom is -0.493 e. The fraction of sp³-hybridized carbons (Fsp3) is 0.500. The van der Waals surface area contributed by atoms with Crippen LogP contribution in [0.5, 0.6) is 11.5 Å². The van der Waals surface area contributed by atoms with E-state index in [1.807, 2.05) is 18.5 Å². The van der Waals surface area contributed by atoms with Gasteiger partial charge in [-0.2, -0.15) is 0 Å². The molecule has 138 valence electrons. The number of pyridine rings is 1. The van der Waals surface area contributed by atoms with Crippen LogP contribution in [0.25, 0.3) is 0 Å². The van der Waals surface area contributed by atoms with Crippen molar-refractivity contribution in [2.45, 2.75) is 50.6 Å². The molecule has 0 bridgehead atoms. The zero-order valence-corrected chi connectivity index (χ0v) is 15.7. The van der Waals surface area contributed by atoms with E-state index in [1.165, 1.54) is 48.8 Å². The lowest BCUT2D eigenvalue weighted by Gasteiger charge is -2.39. The molecule has 0 unspecified atom stereocenters. The van der Waals surface area contributed by atoms with Gasteiger partial charge >= 0.3 is 0 Å². The number of nitrogens with one attached hydrogen (secondary N) is 1. The van der Waals surface area contributed by atoms with Gasteiger partial charge in [0.25, 0.3) is 0 Å². The third kappa shape index (κ3) is 3.30. The average molecular weight is 352 g/mol. The first kappa shape index (κ1) is 17.3. The van der Waals surface area contributed by atoms with Crippen molar-refractivity contribution in [3.63, 3.8) is 0 Å². The molecule has 26 heavy (non-hydrogen) atoms. The van der Waals surface area contributed by atoms with Crippen molar-refractivity contribution in [1.29, 1.82) is 0 Å². The van der Waals surface area contributed by atoms with Crippen LogP contribution >= 0.6 is 0 Å². The van der Waals surface area contributed by atoms with E-state index in [4.69, 9.17) is 9.47 Å². The Kier molecular flexibility index (Phi) is 5.11. The molecule has 0 saturated heterocycles. The van der Waals surface area contributed by atoms with Crippen molar-refractivity contribution < 1.29 is 9.47 Å². The molecule has 1 aliphatic heterocycles. The largest absolute Gasteiger partial charge is 0.493 e. The maximum Gasteiger partial charge on any atom is 0.161 e. The van der Waals surface area contributed by atoms with E-state index in [0.717, 1.165) is 17.9 Å². The molecular formula is C22H28N2O2. The summed E-state index contributed by atoms with van der Waals surface area (Å²) in [6.07, 6.45) is 11.4. The number of benzene rings is 1. The lowest BCUT2D eigenvalue weighted by atomic mass is 9.76. The number of aromatic nitrogens is 1. The average Bonchev–Trinajstić information content (AvgIpc) is 2.73. The Bertz CT molecular complexity index is 741. The van der Waals surface area contributed by atoms with Crippen molar-refractivity contribution in [3.8, 4) is 11.5 Å². The van der Waals surface area contributed by atoms with Crippen molar-refractivity contribution in [3.05, 3.63) is 53.3 Å². The van der Waals surface area contributed by atoms with E-state index < -0.39 is 0 Å². The number of hydrogen-bond donors (Lipinski definition) is 1. The molecule has 0 spiro atoms. The monoisotopic (exact) mass is 352 g/mol. The van der Waals surface area contributed by atoms with Crippen molar-refractivity contribution in [2.75, 3.05) is 14.2 Å². The van der Waals surface area contributed by atoms with Gasteiger partial charge in [0.05, 0.1) is 14.2 Å². The first-order valence-corrected chi connectivity index (χ1v) is 9.71. The highest BCUT2D eigenvalue weighted by atomic mass is 16.5. The zero-order chi connectivity index (χ0) is 17.9. The number of nitrogens with zero attached hydrogens (tertiary/aromatic N) is 1. The van der Waals surface area contributed by atoms with Gasteiger partial charge in [-0.1, -0.05) is 25.3 Å². The SMILES string of the molecule is COc1cc2c(cc1OC)[C@H](C1CCCCC1)N[C@H](c1cccnc1)C2. The molecule has 0 radical (unpaired) electrons. The number of hydrogen-bond acceptors (Lipinski definition) is 4.